The van der Waals surface area contributed by atoms with E-state index in [1.54, 1.807) is 12.2 Å². The summed E-state index contributed by atoms with van der Waals surface area (Å²) in [4.78, 5) is 9.85. The molecule has 0 aliphatic heterocycles. The normalized spacial score (nSPS) is 9.78. The molecule has 2 nitrogen and oxygen atoms in total. The third-order valence-corrected chi connectivity index (χ3v) is 0.798. The number of rotatable bonds is 4. The van der Waals surface area contributed by atoms with Crippen LogP contribution in [0.25, 0.3) is 0 Å². The van der Waals surface area contributed by atoms with Crippen molar-refractivity contribution in [2.24, 2.45) is 0 Å². The van der Waals surface area contributed by atoms with Crippen molar-refractivity contribution in [3.05, 3.63) is 24.8 Å². The molecule has 0 radical (unpaired) electrons. The Morgan fingerprint density at radius 2 is 2.22 bits per heavy atom. The molecule has 0 amide bonds. The van der Waals surface area contributed by atoms with Crippen LogP contribution in [-0.2, 0) is 4.79 Å². The lowest BCUT2D eigenvalue weighted by Gasteiger charge is -1.81. The molecule has 0 heterocycles. The number of carbonyl (C=O) groups is 1. The fraction of sp³-hybridized carbons (Fsp3) is 0.286. The van der Waals surface area contributed by atoms with E-state index in [9.17, 15) is 4.79 Å². The highest BCUT2D eigenvalue weighted by Gasteiger charge is 1.81. The van der Waals surface area contributed by atoms with Crippen LogP contribution < -0.4 is 0 Å². The van der Waals surface area contributed by atoms with Crippen molar-refractivity contribution in [3.63, 3.8) is 0 Å². The lowest BCUT2D eigenvalue weighted by molar-refractivity contribution is -0.131. The molecular formula is C7H10O2. The van der Waals surface area contributed by atoms with Gasteiger partial charge in [-0.05, 0) is 12.8 Å². The first-order valence-corrected chi connectivity index (χ1v) is 2.77. The van der Waals surface area contributed by atoms with E-state index in [2.05, 4.69) is 6.58 Å². The summed E-state index contributed by atoms with van der Waals surface area (Å²) in [7, 11) is 0. The summed E-state index contributed by atoms with van der Waals surface area (Å²) < 4.78 is 0. The summed E-state index contributed by atoms with van der Waals surface area (Å²) in [5.41, 5.74) is 0. The van der Waals surface area contributed by atoms with E-state index in [1.807, 2.05) is 0 Å². The molecule has 0 aliphatic carbocycles. The monoisotopic (exact) mass is 126 g/mol. The number of unbranched alkanes of at least 4 members (excludes halogenated alkanes) is 1. The third kappa shape index (κ3) is 6.95. The average Bonchev–Trinajstić information content (AvgIpc) is 1.80. The molecule has 0 aromatic rings. The molecule has 1 N–H and O–H groups in total. The van der Waals surface area contributed by atoms with Crippen molar-refractivity contribution >= 4 is 5.97 Å². The number of aliphatic carboxylic acids is 1. The van der Waals surface area contributed by atoms with Crippen molar-refractivity contribution in [1.82, 2.24) is 0 Å². The molecule has 0 aromatic carbocycles. The van der Waals surface area contributed by atoms with E-state index in [0.717, 1.165) is 18.9 Å². The molecule has 0 unspecified atom stereocenters. The molecule has 0 saturated carbocycles. The quantitative estimate of drug-likeness (QED) is 0.353. The SMILES string of the molecule is C=CCC/C=C/C(=O)O. The van der Waals surface area contributed by atoms with E-state index in [1.165, 1.54) is 0 Å². The molecule has 0 saturated heterocycles. The summed E-state index contributed by atoms with van der Waals surface area (Å²) >= 11 is 0. The van der Waals surface area contributed by atoms with Gasteiger partial charge in [-0.3, -0.25) is 0 Å². The first-order chi connectivity index (χ1) is 4.27. The van der Waals surface area contributed by atoms with Gasteiger partial charge in [-0.25, -0.2) is 4.79 Å². The molecule has 9 heavy (non-hydrogen) atoms. The lowest BCUT2D eigenvalue weighted by atomic mass is 10.3. The molecule has 0 fully saturated rings. The Labute approximate surface area is 54.5 Å². The number of allylic oxidation sites excluding steroid dienone is 2. The van der Waals surface area contributed by atoms with Crippen molar-refractivity contribution < 1.29 is 9.90 Å². The summed E-state index contributed by atoms with van der Waals surface area (Å²) in [6.45, 7) is 3.50. The van der Waals surface area contributed by atoms with Crippen molar-refractivity contribution in [1.29, 1.82) is 0 Å². The molecule has 0 aromatic heterocycles. The smallest absolute Gasteiger partial charge is 0.327 e. The Morgan fingerprint density at radius 3 is 2.67 bits per heavy atom. The van der Waals surface area contributed by atoms with Crippen LogP contribution in [0.15, 0.2) is 24.8 Å². The molecule has 0 rings (SSSR count). The van der Waals surface area contributed by atoms with Crippen LogP contribution in [0.2, 0.25) is 0 Å². The van der Waals surface area contributed by atoms with Crippen LogP contribution in [0.5, 0.6) is 0 Å². The van der Waals surface area contributed by atoms with Gasteiger partial charge in [-0.2, -0.15) is 0 Å². The molecule has 0 spiro atoms. The van der Waals surface area contributed by atoms with Gasteiger partial charge >= 0.3 is 5.97 Å². The van der Waals surface area contributed by atoms with Crippen LogP contribution in [-0.4, -0.2) is 11.1 Å². The van der Waals surface area contributed by atoms with Crippen molar-refractivity contribution in [2.75, 3.05) is 0 Å². The van der Waals surface area contributed by atoms with Crippen LogP contribution in [0.3, 0.4) is 0 Å². The van der Waals surface area contributed by atoms with E-state index in [-0.39, 0.29) is 0 Å². The number of carboxylic acids is 1. The van der Waals surface area contributed by atoms with E-state index in [0.29, 0.717) is 0 Å². The summed E-state index contributed by atoms with van der Waals surface area (Å²) in [6, 6.07) is 0. The zero-order chi connectivity index (χ0) is 7.11. The molecular weight excluding hydrogens is 116 g/mol. The van der Waals surface area contributed by atoms with Gasteiger partial charge in [-0.15, -0.1) is 6.58 Å². The van der Waals surface area contributed by atoms with Gasteiger partial charge in [0.25, 0.3) is 0 Å². The average molecular weight is 126 g/mol. The van der Waals surface area contributed by atoms with Crippen LogP contribution in [0, 0.1) is 0 Å². The van der Waals surface area contributed by atoms with Crippen molar-refractivity contribution in [2.45, 2.75) is 12.8 Å². The second kappa shape index (κ2) is 5.09. The number of hydrogen-bond acceptors (Lipinski definition) is 1. The minimum atomic E-state index is -0.890. The lowest BCUT2D eigenvalue weighted by Crippen LogP contribution is -1.84. The topological polar surface area (TPSA) is 37.3 Å². The standard InChI is InChI=1S/C7H10O2/c1-2-3-4-5-6-7(8)9/h2,5-6H,1,3-4H2,(H,8,9)/b6-5+. The zero-order valence-electron chi connectivity index (χ0n) is 5.21. The second-order valence-electron chi connectivity index (χ2n) is 1.61. The maximum absolute atomic E-state index is 9.85. The molecule has 0 bridgehead atoms. The van der Waals surface area contributed by atoms with E-state index in [4.69, 9.17) is 5.11 Å². The molecule has 0 aliphatic rings. The largest absolute Gasteiger partial charge is 0.478 e. The number of hydrogen-bond donors (Lipinski definition) is 1. The zero-order valence-corrected chi connectivity index (χ0v) is 5.21. The van der Waals surface area contributed by atoms with Gasteiger partial charge in [0.2, 0.25) is 0 Å². The Kier molecular flexibility index (Phi) is 4.50. The van der Waals surface area contributed by atoms with Gasteiger partial charge in [0, 0.05) is 6.08 Å². The Balaban J connectivity index is 3.24. The third-order valence-electron chi connectivity index (χ3n) is 0.798. The Morgan fingerprint density at radius 1 is 1.56 bits per heavy atom. The fourth-order valence-electron chi connectivity index (χ4n) is 0.398. The maximum Gasteiger partial charge on any atom is 0.327 e. The highest BCUT2D eigenvalue weighted by Crippen LogP contribution is 1.89. The molecule has 50 valence electrons. The predicted molar refractivity (Wildman–Crippen MR) is 36.2 cm³/mol. The molecule has 2 heteroatoms. The summed E-state index contributed by atoms with van der Waals surface area (Å²) in [6.07, 6.45) is 6.11. The first kappa shape index (κ1) is 7.95. The first-order valence-electron chi connectivity index (χ1n) is 2.77. The Bertz CT molecular complexity index is 125. The Hall–Kier alpha value is -1.05. The second-order valence-corrected chi connectivity index (χ2v) is 1.61. The van der Waals surface area contributed by atoms with Gasteiger partial charge < -0.3 is 5.11 Å². The maximum atomic E-state index is 9.85. The number of carboxylic acid groups (broad SMARTS) is 1. The van der Waals surface area contributed by atoms with Crippen LogP contribution >= 0.6 is 0 Å². The highest BCUT2D eigenvalue weighted by molar-refractivity contribution is 5.79. The van der Waals surface area contributed by atoms with Crippen LogP contribution in [0.4, 0.5) is 0 Å². The van der Waals surface area contributed by atoms with E-state index >= 15 is 0 Å². The minimum Gasteiger partial charge on any atom is -0.478 e. The summed E-state index contributed by atoms with van der Waals surface area (Å²) in [5, 5.41) is 8.10. The highest BCUT2D eigenvalue weighted by atomic mass is 16.4. The predicted octanol–water partition coefficient (Wildman–Crippen LogP) is 1.59. The van der Waals surface area contributed by atoms with Gasteiger partial charge in [-0.1, -0.05) is 12.2 Å². The van der Waals surface area contributed by atoms with Gasteiger partial charge in [0.05, 0.1) is 0 Å². The summed E-state index contributed by atoms with van der Waals surface area (Å²) in [5.74, 6) is -0.890. The molecule has 0 atom stereocenters. The van der Waals surface area contributed by atoms with Gasteiger partial charge in [0.15, 0.2) is 0 Å². The fourth-order valence-corrected chi connectivity index (χ4v) is 0.398. The van der Waals surface area contributed by atoms with E-state index < -0.39 is 5.97 Å². The minimum absolute atomic E-state index is 0.760. The van der Waals surface area contributed by atoms with Crippen LogP contribution in [0.1, 0.15) is 12.8 Å². The van der Waals surface area contributed by atoms with Gasteiger partial charge in [0.1, 0.15) is 0 Å². The van der Waals surface area contributed by atoms with Crippen molar-refractivity contribution in [3.8, 4) is 0 Å².